The molecule has 0 aromatic rings. The predicted octanol–water partition coefficient (Wildman–Crippen LogP) is 2.30. The summed E-state index contributed by atoms with van der Waals surface area (Å²) >= 11 is 0. The molecular weight excluding hydrogens is 266 g/mol. The van der Waals surface area contributed by atoms with Gasteiger partial charge in [-0.05, 0) is 49.9 Å². The Kier molecular flexibility index (Phi) is 3.09. The fraction of sp³-hybridized carbons (Fsp3) is 0.765. The molecule has 1 amide bonds. The van der Waals surface area contributed by atoms with E-state index in [0.717, 1.165) is 25.8 Å². The lowest BCUT2D eigenvalue weighted by Gasteiger charge is -2.40. The Bertz CT molecular complexity index is 500. The molecule has 4 aliphatic rings. The average Bonchev–Trinajstić information content (AvgIpc) is 3.19. The van der Waals surface area contributed by atoms with Crippen molar-refractivity contribution in [2.45, 2.75) is 44.6 Å². The first kappa shape index (κ1) is 13.4. The van der Waals surface area contributed by atoms with Gasteiger partial charge >= 0.3 is 5.97 Å². The number of hydrogen-bond donors (Lipinski definition) is 1. The summed E-state index contributed by atoms with van der Waals surface area (Å²) in [6.07, 6.45) is 10.9. The Morgan fingerprint density at radius 1 is 1.00 bits per heavy atom. The van der Waals surface area contributed by atoms with Crippen molar-refractivity contribution in [3.8, 4) is 0 Å². The largest absolute Gasteiger partial charge is 0.481 e. The number of hydrogen-bond acceptors (Lipinski definition) is 2. The number of carbonyl (C=O) groups excluding carboxylic acids is 1. The standard InChI is InChI=1S/C17H23NO3/c19-16(18-8-2-4-10-3-1-5-13(10)18)14-11-6-7-12(9-11)15(14)17(20)21/h6-7,10-15H,1-5,8-9H2,(H,20,21). The second kappa shape index (κ2) is 4.85. The van der Waals surface area contributed by atoms with Gasteiger partial charge in [-0.3, -0.25) is 9.59 Å². The van der Waals surface area contributed by atoms with Gasteiger partial charge in [0, 0.05) is 12.6 Å². The molecule has 1 saturated heterocycles. The number of carbonyl (C=O) groups is 2. The first-order valence-corrected chi connectivity index (χ1v) is 8.38. The van der Waals surface area contributed by atoms with E-state index in [0.29, 0.717) is 12.0 Å². The van der Waals surface area contributed by atoms with Crippen LogP contribution < -0.4 is 0 Å². The van der Waals surface area contributed by atoms with Crippen molar-refractivity contribution in [3.05, 3.63) is 12.2 Å². The molecule has 21 heavy (non-hydrogen) atoms. The molecule has 0 aromatic carbocycles. The minimum atomic E-state index is -0.787. The maximum atomic E-state index is 13.1. The van der Waals surface area contributed by atoms with Crippen molar-refractivity contribution < 1.29 is 14.7 Å². The first-order valence-electron chi connectivity index (χ1n) is 8.38. The van der Waals surface area contributed by atoms with Crippen LogP contribution in [0.4, 0.5) is 0 Å². The van der Waals surface area contributed by atoms with Crippen molar-refractivity contribution in [2.75, 3.05) is 6.54 Å². The summed E-state index contributed by atoms with van der Waals surface area (Å²) in [6.45, 7) is 0.837. The quantitative estimate of drug-likeness (QED) is 0.794. The Balaban J connectivity index is 1.59. The van der Waals surface area contributed by atoms with Crippen LogP contribution in [0.1, 0.15) is 38.5 Å². The number of carboxylic acid groups (broad SMARTS) is 1. The highest BCUT2D eigenvalue weighted by molar-refractivity contribution is 5.87. The van der Waals surface area contributed by atoms with E-state index in [1.54, 1.807) is 0 Å². The van der Waals surface area contributed by atoms with E-state index in [1.165, 1.54) is 19.3 Å². The van der Waals surface area contributed by atoms with Crippen LogP contribution in [-0.2, 0) is 9.59 Å². The highest BCUT2D eigenvalue weighted by Gasteiger charge is 2.53. The zero-order valence-electron chi connectivity index (χ0n) is 12.3. The van der Waals surface area contributed by atoms with Crippen molar-refractivity contribution in [1.29, 1.82) is 0 Å². The van der Waals surface area contributed by atoms with Gasteiger partial charge in [-0.15, -0.1) is 0 Å². The summed E-state index contributed by atoms with van der Waals surface area (Å²) < 4.78 is 0. The van der Waals surface area contributed by atoms with Crippen LogP contribution in [0.5, 0.6) is 0 Å². The van der Waals surface area contributed by atoms with Crippen LogP contribution in [0, 0.1) is 29.6 Å². The van der Waals surface area contributed by atoms with E-state index >= 15 is 0 Å². The van der Waals surface area contributed by atoms with E-state index in [1.807, 2.05) is 6.08 Å². The zero-order chi connectivity index (χ0) is 14.6. The van der Waals surface area contributed by atoms with Gasteiger partial charge in [-0.1, -0.05) is 18.6 Å². The normalized spacial score (nSPS) is 44.1. The molecule has 4 heteroatoms. The third-order valence-corrected chi connectivity index (χ3v) is 6.31. The highest BCUT2D eigenvalue weighted by Crippen LogP contribution is 2.50. The maximum Gasteiger partial charge on any atom is 0.307 e. The van der Waals surface area contributed by atoms with Gasteiger partial charge in [0.05, 0.1) is 11.8 Å². The Morgan fingerprint density at radius 3 is 2.48 bits per heavy atom. The summed E-state index contributed by atoms with van der Waals surface area (Å²) in [5.74, 6) is -0.553. The van der Waals surface area contributed by atoms with Crippen LogP contribution in [0.2, 0.25) is 0 Å². The topological polar surface area (TPSA) is 57.6 Å². The molecule has 114 valence electrons. The average molecular weight is 289 g/mol. The summed E-state index contributed by atoms with van der Waals surface area (Å²) in [7, 11) is 0. The second-order valence-corrected chi connectivity index (χ2v) is 7.27. The fourth-order valence-corrected chi connectivity index (χ4v) is 5.41. The van der Waals surface area contributed by atoms with Crippen LogP contribution in [0.3, 0.4) is 0 Å². The number of piperidine rings is 1. The number of likely N-dealkylation sites (tertiary alicyclic amines) is 1. The van der Waals surface area contributed by atoms with Gasteiger partial charge in [0.2, 0.25) is 5.91 Å². The van der Waals surface area contributed by atoms with Crippen LogP contribution in [0.15, 0.2) is 12.2 Å². The Hall–Kier alpha value is -1.32. The van der Waals surface area contributed by atoms with Crippen molar-refractivity contribution in [1.82, 2.24) is 4.90 Å². The molecule has 3 aliphatic carbocycles. The summed E-state index contributed by atoms with van der Waals surface area (Å²) in [5, 5.41) is 9.54. The van der Waals surface area contributed by atoms with Gasteiger partial charge in [0.25, 0.3) is 0 Å². The fourth-order valence-electron chi connectivity index (χ4n) is 5.41. The molecule has 6 unspecified atom stereocenters. The lowest BCUT2D eigenvalue weighted by Crippen LogP contribution is -2.51. The third-order valence-electron chi connectivity index (χ3n) is 6.31. The van der Waals surface area contributed by atoms with Gasteiger partial charge in [0.1, 0.15) is 0 Å². The van der Waals surface area contributed by atoms with Crippen molar-refractivity contribution in [3.63, 3.8) is 0 Å². The van der Waals surface area contributed by atoms with Crippen LogP contribution in [0.25, 0.3) is 0 Å². The lowest BCUT2D eigenvalue weighted by molar-refractivity contribution is -0.153. The smallest absolute Gasteiger partial charge is 0.307 e. The maximum absolute atomic E-state index is 13.1. The highest BCUT2D eigenvalue weighted by atomic mass is 16.4. The molecular formula is C17H23NO3. The van der Waals surface area contributed by atoms with E-state index in [-0.39, 0.29) is 23.7 Å². The minimum absolute atomic E-state index is 0.0746. The molecule has 4 rings (SSSR count). The third kappa shape index (κ3) is 1.95. The minimum Gasteiger partial charge on any atom is -0.481 e. The molecule has 0 spiro atoms. The van der Waals surface area contributed by atoms with Gasteiger partial charge in [-0.2, -0.15) is 0 Å². The number of allylic oxidation sites excluding steroid dienone is 2. The number of nitrogens with zero attached hydrogens (tertiary/aromatic N) is 1. The van der Waals surface area contributed by atoms with Crippen molar-refractivity contribution in [2.24, 2.45) is 29.6 Å². The molecule has 0 aromatic heterocycles. The summed E-state index contributed by atoms with van der Waals surface area (Å²) in [4.78, 5) is 26.8. The number of fused-ring (bicyclic) bond motifs is 3. The number of carboxylic acids is 1. The Labute approximate surface area is 125 Å². The molecule has 1 heterocycles. The molecule has 4 nitrogen and oxygen atoms in total. The second-order valence-electron chi connectivity index (χ2n) is 7.27. The van der Waals surface area contributed by atoms with Gasteiger partial charge in [0.15, 0.2) is 0 Å². The lowest BCUT2D eigenvalue weighted by atomic mass is 9.80. The summed E-state index contributed by atoms with van der Waals surface area (Å²) in [6, 6.07) is 0.392. The molecule has 6 atom stereocenters. The molecule has 2 bridgehead atoms. The molecule has 2 saturated carbocycles. The molecule has 1 N–H and O–H groups in total. The SMILES string of the molecule is O=C(O)C1C2C=CC(C2)C1C(=O)N1CCCC2CCCC21. The van der Waals surface area contributed by atoms with E-state index in [4.69, 9.17) is 0 Å². The first-order chi connectivity index (χ1) is 10.2. The number of amides is 1. The van der Waals surface area contributed by atoms with Gasteiger partial charge in [-0.25, -0.2) is 0 Å². The summed E-state index contributed by atoms with van der Waals surface area (Å²) in [5.41, 5.74) is 0. The van der Waals surface area contributed by atoms with Crippen LogP contribution >= 0.6 is 0 Å². The molecule has 3 fully saturated rings. The van der Waals surface area contributed by atoms with E-state index < -0.39 is 11.9 Å². The number of rotatable bonds is 2. The number of aliphatic carboxylic acids is 1. The molecule has 1 aliphatic heterocycles. The predicted molar refractivity (Wildman–Crippen MR) is 77.4 cm³/mol. The van der Waals surface area contributed by atoms with Gasteiger partial charge < -0.3 is 10.0 Å². The molecule has 0 radical (unpaired) electrons. The monoisotopic (exact) mass is 289 g/mol. The zero-order valence-corrected chi connectivity index (χ0v) is 12.3. The van der Waals surface area contributed by atoms with Crippen LogP contribution in [-0.4, -0.2) is 34.5 Å². The van der Waals surface area contributed by atoms with E-state index in [2.05, 4.69) is 11.0 Å². The van der Waals surface area contributed by atoms with E-state index in [9.17, 15) is 14.7 Å². The Morgan fingerprint density at radius 2 is 1.71 bits per heavy atom. The van der Waals surface area contributed by atoms with Crippen molar-refractivity contribution >= 4 is 11.9 Å².